The second kappa shape index (κ2) is 4.13. The molecule has 0 aliphatic carbocycles. The molecule has 2 aliphatic heterocycles. The van der Waals surface area contributed by atoms with Crippen molar-refractivity contribution in [3.05, 3.63) is 22.2 Å². The van der Waals surface area contributed by atoms with Gasteiger partial charge in [0.15, 0.2) is 11.5 Å². The van der Waals surface area contributed by atoms with Crippen LogP contribution in [0.5, 0.6) is 11.5 Å². The first-order valence-electron chi connectivity index (χ1n) is 5.21. The molecular formula is C11H12BrNO2S. The summed E-state index contributed by atoms with van der Waals surface area (Å²) in [5.41, 5.74) is 1.24. The summed E-state index contributed by atoms with van der Waals surface area (Å²) in [5.74, 6) is 2.81. The van der Waals surface area contributed by atoms with Gasteiger partial charge in [-0.25, -0.2) is 0 Å². The van der Waals surface area contributed by atoms with Crippen molar-refractivity contribution in [2.45, 2.75) is 18.3 Å². The summed E-state index contributed by atoms with van der Waals surface area (Å²) in [5, 5.41) is 3.90. The Kier molecular flexibility index (Phi) is 2.77. The van der Waals surface area contributed by atoms with E-state index in [-0.39, 0.29) is 0 Å². The lowest BCUT2D eigenvalue weighted by atomic mass is 10.2. The average Bonchev–Trinajstić information content (AvgIpc) is 2.85. The number of halogens is 1. The molecule has 0 amide bonds. The van der Waals surface area contributed by atoms with Gasteiger partial charge >= 0.3 is 0 Å². The maximum absolute atomic E-state index is 5.42. The molecule has 1 saturated heterocycles. The molecule has 16 heavy (non-hydrogen) atoms. The van der Waals surface area contributed by atoms with Crippen molar-refractivity contribution in [2.24, 2.45) is 0 Å². The highest BCUT2D eigenvalue weighted by atomic mass is 79.9. The van der Waals surface area contributed by atoms with Crippen LogP contribution in [0.15, 0.2) is 16.6 Å². The molecule has 0 bridgehead atoms. The molecule has 2 heterocycles. The van der Waals surface area contributed by atoms with E-state index in [1.165, 1.54) is 5.56 Å². The third kappa shape index (κ3) is 1.81. The SMILES string of the molecule is CC1CSC(c2cc(Br)c3c(c2)OCO3)N1. The van der Waals surface area contributed by atoms with Gasteiger partial charge in [-0.3, -0.25) is 5.32 Å². The van der Waals surface area contributed by atoms with E-state index in [0.29, 0.717) is 18.2 Å². The Morgan fingerprint density at radius 1 is 1.44 bits per heavy atom. The van der Waals surface area contributed by atoms with Crippen molar-refractivity contribution in [2.75, 3.05) is 12.5 Å². The molecule has 2 aliphatic rings. The van der Waals surface area contributed by atoms with E-state index in [9.17, 15) is 0 Å². The Labute approximate surface area is 107 Å². The van der Waals surface area contributed by atoms with Crippen LogP contribution in [0.25, 0.3) is 0 Å². The van der Waals surface area contributed by atoms with Crippen LogP contribution in [0.2, 0.25) is 0 Å². The highest BCUT2D eigenvalue weighted by Crippen LogP contribution is 2.43. The highest BCUT2D eigenvalue weighted by molar-refractivity contribution is 9.10. The molecule has 0 saturated carbocycles. The third-order valence-electron chi connectivity index (χ3n) is 2.70. The van der Waals surface area contributed by atoms with Gasteiger partial charge in [0, 0.05) is 11.8 Å². The zero-order valence-corrected chi connectivity index (χ0v) is 11.2. The van der Waals surface area contributed by atoms with E-state index in [4.69, 9.17) is 9.47 Å². The first-order valence-corrected chi connectivity index (χ1v) is 7.05. The topological polar surface area (TPSA) is 30.5 Å². The lowest BCUT2D eigenvalue weighted by Crippen LogP contribution is -2.21. The van der Waals surface area contributed by atoms with Gasteiger partial charge < -0.3 is 9.47 Å². The zero-order chi connectivity index (χ0) is 11.1. The number of ether oxygens (including phenoxy) is 2. The molecule has 0 spiro atoms. The van der Waals surface area contributed by atoms with Crippen LogP contribution in [-0.2, 0) is 0 Å². The molecule has 1 N–H and O–H groups in total. The summed E-state index contributed by atoms with van der Waals surface area (Å²) >= 11 is 5.45. The van der Waals surface area contributed by atoms with E-state index < -0.39 is 0 Å². The maximum atomic E-state index is 5.42. The van der Waals surface area contributed by atoms with Gasteiger partial charge in [-0.2, -0.15) is 0 Å². The van der Waals surface area contributed by atoms with Crippen molar-refractivity contribution in [1.29, 1.82) is 0 Å². The van der Waals surface area contributed by atoms with Crippen LogP contribution >= 0.6 is 27.7 Å². The fraction of sp³-hybridized carbons (Fsp3) is 0.455. The molecule has 1 fully saturated rings. The van der Waals surface area contributed by atoms with Crippen molar-refractivity contribution in [3.8, 4) is 11.5 Å². The number of benzene rings is 1. The Morgan fingerprint density at radius 2 is 2.31 bits per heavy atom. The maximum Gasteiger partial charge on any atom is 0.231 e. The van der Waals surface area contributed by atoms with Gasteiger partial charge in [-0.05, 0) is 40.5 Å². The predicted molar refractivity (Wildman–Crippen MR) is 68.1 cm³/mol. The molecule has 5 heteroatoms. The van der Waals surface area contributed by atoms with E-state index in [1.807, 2.05) is 11.8 Å². The van der Waals surface area contributed by atoms with E-state index in [0.717, 1.165) is 21.7 Å². The van der Waals surface area contributed by atoms with Crippen molar-refractivity contribution >= 4 is 27.7 Å². The third-order valence-corrected chi connectivity index (χ3v) is 4.72. The summed E-state index contributed by atoms with van der Waals surface area (Å²) in [6.45, 7) is 2.52. The van der Waals surface area contributed by atoms with Crippen molar-refractivity contribution < 1.29 is 9.47 Å². The summed E-state index contributed by atoms with van der Waals surface area (Å²) < 4.78 is 11.8. The van der Waals surface area contributed by atoms with Crippen LogP contribution in [-0.4, -0.2) is 18.6 Å². The van der Waals surface area contributed by atoms with Crippen LogP contribution in [0.4, 0.5) is 0 Å². The van der Waals surface area contributed by atoms with Crippen molar-refractivity contribution in [1.82, 2.24) is 5.32 Å². The number of rotatable bonds is 1. The van der Waals surface area contributed by atoms with Gasteiger partial charge in [0.2, 0.25) is 6.79 Å². The Hall–Kier alpha value is -0.390. The van der Waals surface area contributed by atoms with Gasteiger partial charge in [-0.1, -0.05) is 0 Å². The highest BCUT2D eigenvalue weighted by Gasteiger charge is 2.26. The minimum Gasteiger partial charge on any atom is -0.454 e. The molecule has 1 aromatic carbocycles. The number of hydrogen-bond acceptors (Lipinski definition) is 4. The Bertz CT molecular complexity index is 427. The van der Waals surface area contributed by atoms with E-state index in [2.05, 4.69) is 40.3 Å². The van der Waals surface area contributed by atoms with Crippen LogP contribution in [0.1, 0.15) is 17.9 Å². The van der Waals surface area contributed by atoms with Gasteiger partial charge in [0.25, 0.3) is 0 Å². The summed E-state index contributed by atoms with van der Waals surface area (Å²) in [7, 11) is 0. The molecule has 2 unspecified atom stereocenters. The Balaban J connectivity index is 1.94. The molecule has 3 rings (SSSR count). The van der Waals surface area contributed by atoms with Gasteiger partial charge in [0.1, 0.15) is 0 Å². The molecule has 3 nitrogen and oxygen atoms in total. The average molecular weight is 302 g/mol. The zero-order valence-electron chi connectivity index (χ0n) is 8.83. The quantitative estimate of drug-likeness (QED) is 0.864. The first-order chi connectivity index (χ1) is 7.74. The fourth-order valence-electron chi connectivity index (χ4n) is 1.93. The van der Waals surface area contributed by atoms with Crippen LogP contribution in [0.3, 0.4) is 0 Å². The first kappa shape index (κ1) is 10.7. The normalized spacial score (nSPS) is 27.4. The van der Waals surface area contributed by atoms with Gasteiger partial charge in [0.05, 0.1) is 9.85 Å². The monoisotopic (exact) mass is 301 g/mol. The molecule has 0 aromatic heterocycles. The predicted octanol–water partition coefficient (Wildman–Crippen LogP) is 2.90. The van der Waals surface area contributed by atoms with Crippen LogP contribution < -0.4 is 14.8 Å². The van der Waals surface area contributed by atoms with E-state index in [1.54, 1.807) is 0 Å². The van der Waals surface area contributed by atoms with Crippen LogP contribution in [0, 0.1) is 0 Å². The molecule has 0 radical (unpaired) electrons. The molecule has 1 aromatic rings. The minimum atomic E-state index is 0.318. The number of thioether (sulfide) groups is 1. The number of nitrogens with one attached hydrogen (secondary N) is 1. The van der Waals surface area contributed by atoms with Gasteiger partial charge in [-0.15, -0.1) is 11.8 Å². The summed E-state index contributed by atoms with van der Waals surface area (Å²) in [4.78, 5) is 0. The molecule has 2 atom stereocenters. The van der Waals surface area contributed by atoms with E-state index >= 15 is 0 Å². The molecule has 86 valence electrons. The largest absolute Gasteiger partial charge is 0.454 e. The van der Waals surface area contributed by atoms with Crippen molar-refractivity contribution in [3.63, 3.8) is 0 Å². The Morgan fingerprint density at radius 3 is 3.06 bits per heavy atom. The standard InChI is InChI=1S/C11H12BrNO2S/c1-6-4-16-11(13-6)7-2-8(12)10-9(3-7)14-5-15-10/h2-3,6,11,13H,4-5H2,1H3. The second-order valence-electron chi connectivity index (χ2n) is 4.02. The number of fused-ring (bicyclic) bond motifs is 1. The smallest absolute Gasteiger partial charge is 0.231 e. The summed E-state index contributed by atoms with van der Waals surface area (Å²) in [6, 6.07) is 4.74. The second-order valence-corrected chi connectivity index (χ2v) is 6.01. The lowest BCUT2D eigenvalue weighted by molar-refractivity contribution is 0.173. The lowest BCUT2D eigenvalue weighted by Gasteiger charge is -2.12. The number of hydrogen-bond donors (Lipinski definition) is 1. The minimum absolute atomic E-state index is 0.318. The fourth-order valence-corrected chi connectivity index (χ4v) is 3.73. The summed E-state index contributed by atoms with van der Waals surface area (Å²) in [6.07, 6.45) is 0. The molecular weight excluding hydrogens is 290 g/mol.